The molecule has 3 N–H and O–H groups in total. The first-order valence-corrected chi connectivity index (χ1v) is 4.38. The number of aliphatic carboxylic acids is 1. The van der Waals surface area contributed by atoms with Crippen molar-refractivity contribution in [2.75, 3.05) is 0 Å². The first-order chi connectivity index (χ1) is 6.09. The van der Waals surface area contributed by atoms with Gasteiger partial charge in [-0.15, -0.1) is 0 Å². The summed E-state index contributed by atoms with van der Waals surface area (Å²) in [5.41, 5.74) is 5.26. The van der Waals surface area contributed by atoms with Gasteiger partial charge in [-0.3, -0.25) is 0 Å². The first kappa shape index (κ1) is 10.0. The number of carbonyl (C=O) groups is 1. The maximum atomic E-state index is 12.4. The van der Waals surface area contributed by atoms with E-state index in [2.05, 4.69) is 0 Å². The second-order valence-electron chi connectivity index (χ2n) is 2.33. The van der Waals surface area contributed by atoms with Gasteiger partial charge in [0.25, 0.3) is 0 Å². The molecule has 0 heterocycles. The molecule has 0 saturated carbocycles. The van der Waals surface area contributed by atoms with E-state index in [1.54, 1.807) is 0 Å². The van der Waals surface area contributed by atoms with Gasteiger partial charge in [0.05, 0.1) is 0 Å². The Morgan fingerprint density at radius 2 is 2.00 bits per heavy atom. The molecule has 1 atom stereocenters. The molecular weight excluding hydrogens is 193 g/mol. The Bertz CT molecular complexity index is 302. The molecule has 0 bridgehead atoms. The van der Waals surface area contributed by atoms with Crippen molar-refractivity contribution in [2.45, 2.75) is 10.3 Å². The van der Waals surface area contributed by atoms with E-state index in [9.17, 15) is 9.18 Å². The molecule has 0 spiro atoms. The van der Waals surface area contributed by atoms with Gasteiger partial charge in [0, 0.05) is 4.90 Å². The Labute approximate surface area is 78.7 Å². The van der Waals surface area contributed by atoms with Crippen molar-refractivity contribution in [1.82, 2.24) is 0 Å². The summed E-state index contributed by atoms with van der Waals surface area (Å²) >= 11 is 0.972. The number of hydrogen-bond acceptors (Lipinski definition) is 3. The summed E-state index contributed by atoms with van der Waals surface area (Å²) in [7, 11) is 0. The summed E-state index contributed by atoms with van der Waals surface area (Å²) in [6, 6.07) is 5.50. The lowest BCUT2D eigenvalue weighted by Gasteiger charge is -2.04. The third-order valence-electron chi connectivity index (χ3n) is 1.32. The zero-order valence-electron chi connectivity index (χ0n) is 6.61. The topological polar surface area (TPSA) is 63.3 Å². The highest BCUT2D eigenvalue weighted by atomic mass is 32.2. The lowest BCUT2D eigenvalue weighted by molar-refractivity contribution is -0.136. The van der Waals surface area contributed by atoms with E-state index in [4.69, 9.17) is 10.8 Å². The lowest BCUT2D eigenvalue weighted by Crippen LogP contribution is -2.25. The third kappa shape index (κ3) is 3.04. The molecule has 0 aliphatic rings. The fourth-order valence-corrected chi connectivity index (χ4v) is 1.40. The number of thioether (sulfide) groups is 1. The van der Waals surface area contributed by atoms with Crippen molar-refractivity contribution < 1.29 is 14.3 Å². The zero-order chi connectivity index (χ0) is 9.84. The van der Waals surface area contributed by atoms with Crippen LogP contribution in [-0.4, -0.2) is 16.4 Å². The van der Waals surface area contributed by atoms with Gasteiger partial charge >= 0.3 is 5.97 Å². The van der Waals surface area contributed by atoms with Gasteiger partial charge in [-0.1, -0.05) is 11.8 Å². The number of nitrogens with two attached hydrogens (primary N) is 1. The average Bonchev–Trinajstić information content (AvgIpc) is 2.08. The highest BCUT2D eigenvalue weighted by Gasteiger charge is 2.12. The number of hydrogen-bond donors (Lipinski definition) is 2. The molecule has 1 rings (SSSR count). The molecule has 0 amide bonds. The smallest absolute Gasteiger partial charge is 0.331 e. The summed E-state index contributed by atoms with van der Waals surface area (Å²) in [6.07, 6.45) is 0. The summed E-state index contributed by atoms with van der Waals surface area (Å²) in [5.74, 6) is -1.44. The monoisotopic (exact) mass is 201 g/mol. The van der Waals surface area contributed by atoms with Crippen molar-refractivity contribution >= 4 is 17.7 Å². The minimum atomic E-state index is -1.09. The fourth-order valence-electron chi connectivity index (χ4n) is 0.710. The summed E-state index contributed by atoms with van der Waals surface area (Å²) in [4.78, 5) is 11.0. The Kier molecular flexibility index (Phi) is 3.27. The fraction of sp³-hybridized carbons (Fsp3) is 0.125. The van der Waals surface area contributed by atoms with Crippen LogP contribution in [0.5, 0.6) is 0 Å². The van der Waals surface area contributed by atoms with Crippen LogP contribution in [0, 0.1) is 5.82 Å². The summed E-state index contributed by atoms with van der Waals surface area (Å²) < 4.78 is 12.4. The predicted octanol–water partition coefficient (Wildman–Crippen LogP) is 1.29. The molecular formula is C8H8FNO2S. The molecule has 0 aromatic heterocycles. The van der Waals surface area contributed by atoms with E-state index in [1.165, 1.54) is 24.3 Å². The molecule has 1 aromatic rings. The van der Waals surface area contributed by atoms with E-state index >= 15 is 0 Å². The van der Waals surface area contributed by atoms with Crippen molar-refractivity contribution in [3.63, 3.8) is 0 Å². The quantitative estimate of drug-likeness (QED) is 0.571. The summed E-state index contributed by atoms with van der Waals surface area (Å²) in [5, 5.41) is 7.47. The maximum Gasteiger partial charge on any atom is 0.331 e. The molecule has 5 heteroatoms. The van der Waals surface area contributed by atoms with E-state index < -0.39 is 11.3 Å². The zero-order valence-corrected chi connectivity index (χ0v) is 7.42. The Hall–Kier alpha value is -1.07. The molecule has 1 unspecified atom stereocenters. The third-order valence-corrected chi connectivity index (χ3v) is 2.32. The molecule has 0 radical (unpaired) electrons. The van der Waals surface area contributed by atoms with Crippen molar-refractivity contribution in [3.05, 3.63) is 30.1 Å². The van der Waals surface area contributed by atoms with Crippen molar-refractivity contribution in [1.29, 1.82) is 0 Å². The highest BCUT2D eigenvalue weighted by molar-refractivity contribution is 8.00. The number of rotatable bonds is 3. The van der Waals surface area contributed by atoms with E-state index in [0.717, 1.165) is 11.8 Å². The van der Waals surface area contributed by atoms with Crippen molar-refractivity contribution in [2.24, 2.45) is 5.73 Å². The van der Waals surface area contributed by atoms with Crippen molar-refractivity contribution in [3.8, 4) is 0 Å². The molecule has 13 heavy (non-hydrogen) atoms. The highest BCUT2D eigenvalue weighted by Crippen LogP contribution is 2.20. The molecule has 0 fully saturated rings. The van der Waals surface area contributed by atoms with E-state index in [0.29, 0.717) is 4.90 Å². The molecule has 70 valence electrons. The SMILES string of the molecule is NC(Sc1ccc(F)cc1)C(=O)O. The van der Waals surface area contributed by atoms with Gasteiger partial charge in [-0.2, -0.15) is 0 Å². The Balaban J connectivity index is 2.64. The van der Waals surface area contributed by atoms with E-state index in [-0.39, 0.29) is 5.82 Å². The second-order valence-corrected chi connectivity index (χ2v) is 3.55. The Morgan fingerprint density at radius 1 is 1.46 bits per heavy atom. The second kappa shape index (κ2) is 4.25. The molecule has 0 aliphatic carbocycles. The first-order valence-electron chi connectivity index (χ1n) is 3.50. The number of benzene rings is 1. The molecule has 3 nitrogen and oxygen atoms in total. The Morgan fingerprint density at radius 3 is 2.46 bits per heavy atom. The van der Waals surface area contributed by atoms with Crippen LogP contribution in [0.25, 0.3) is 0 Å². The molecule has 1 aromatic carbocycles. The molecule has 0 saturated heterocycles. The van der Waals surface area contributed by atoms with Gasteiger partial charge in [0.1, 0.15) is 5.82 Å². The van der Waals surface area contributed by atoms with Crippen LogP contribution in [0.2, 0.25) is 0 Å². The summed E-state index contributed by atoms with van der Waals surface area (Å²) in [6.45, 7) is 0. The van der Waals surface area contributed by atoms with Gasteiger partial charge < -0.3 is 10.8 Å². The normalized spacial score (nSPS) is 12.5. The largest absolute Gasteiger partial charge is 0.479 e. The standard InChI is InChI=1S/C8H8FNO2S/c9-5-1-3-6(4-2-5)13-7(10)8(11)12/h1-4,7H,10H2,(H,11,12). The van der Waals surface area contributed by atoms with Gasteiger partial charge in [-0.25, -0.2) is 9.18 Å². The number of carboxylic acid groups (broad SMARTS) is 1. The average molecular weight is 201 g/mol. The predicted molar refractivity (Wildman–Crippen MR) is 47.9 cm³/mol. The van der Waals surface area contributed by atoms with Crippen LogP contribution >= 0.6 is 11.8 Å². The van der Waals surface area contributed by atoms with Crippen LogP contribution in [0.4, 0.5) is 4.39 Å². The van der Waals surface area contributed by atoms with E-state index in [1.807, 2.05) is 0 Å². The van der Waals surface area contributed by atoms with Crippen LogP contribution < -0.4 is 5.73 Å². The number of halogens is 1. The van der Waals surface area contributed by atoms with Crippen LogP contribution in [0.1, 0.15) is 0 Å². The van der Waals surface area contributed by atoms with Gasteiger partial charge in [0.2, 0.25) is 0 Å². The lowest BCUT2D eigenvalue weighted by atomic mass is 10.4. The van der Waals surface area contributed by atoms with Gasteiger partial charge in [0.15, 0.2) is 5.37 Å². The van der Waals surface area contributed by atoms with Crippen LogP contribution in [0.3, 0.4) is 0 Å². The van der Waals surface area contributed by atoms with Crippen LogP contribution in [-0.2, 0) is 4.79 Å². The minimum Gasteiger partial charge on any atom is -0.479 e. The molecule has 0 aliphatic heterocycles. The maximum absolute atomic E-state index is 12.4. The van der Waals surface area contributed by atoms with Gasteiger partial charge in [-0.05, 0) is 24.3 Å². The van der Waals surface area contributed by atoms with Crippen LogP contribution in [0.15, 0.2) is 29.2 Å². The minimum absolute atomic E-state index is 0.353. The number of carboxylic acids is 1.